The van der Waals surface area contributed by atoms with Crippen molar-refractivity contribution in [3.8, 4) is 11.8 Å². The lowest BCUT2D eigenvalue weighted by Crippen LogP contribution is -2.45. The van der Waals surface area contributed by atoms with Gasteiger partial charge in [-0.1, -0.05) is 0 Å². The molecule has 0 unspecified atom stereocenters. The number of carbonyl (C=O) groups excluding carboxylic acids is 2. The Hall–Kier alpha value is -3.74. The third-order valence-corrected chi connectivity index (χ3v) is 4.22. The van der Waals surface area contributed by atoms with Gasteiger partial charge in [0.15, 0.2) is 11.6 Å². The summed E-state index contributed by atoms with van der Waals surface area (Å²) in [6.45, 7) is 0.877. The molecule has 28 heavy (non-hydrogen) atoms. The molecule has 8 nitrogen and oxygen atoms in total. The van der Waals surface area contributed by atoms with E-state index in [0.717, 1.165) is 11.0 Å². The minimum atomic E-state index is -1.08. The highest BCUT2D eigenvalue weighted by Crippen LogP contribution is 2.27. The lowest BCUT2D eigenvalue weighted by Gasteiger charge is -2.29. The van der Waals surface area contributed by atoms with Crippen LogP contribution in [-0.4, -0.2) is 33.5 Å². The molecule has 0 spiro atoms. The van der Waals surface area contributed by atoms with Crippen molar-refractivity contribution in [2.45, 2.75) is 19.5 Å². The van der Waals surface area contributed by atoms with Crippen molar-refractivity contribution in [2.75, 3.05) is 11.9 Å². The molecule has 1 aromatic heterocycles. The first-order chi connectivity index (χ1) is 13.3. The number of amides is 3. The van der Waals surface area contributed by atoms with E-state index in [4.69, 9.17) is 5.26 Å². The van der Waals surface area contributed by atoms with Crippen LogP contribution in [0.3, 0.4) is 0 Å². The van der Waals surface area contributed by atoms with Gasteiger partial charge in [0.2, 0.25) is 5.91 Å². The number of carbonyl (C=O) groups is 2. The van der Waals surface area contributed by atoms with Gasteiger partial charge in [-0.2, -0.15) is 5.26 Å². The maximum Gasteiger partial charge on any atom is 0.322 e. The van der Waals surface area contributed by atoms with E-state index in [1.54, 1.807) is 6.92 Å². The summed E-state index contributed by atoms with van der Waals surface area (Å²) in [6.07, 6.45) is 1.25. The maximum atomic E-state index is 13.9. The van der Waals surface area contributed by atoms with Crippen LogP contribution in [0.1, 0.15) is 29.8 Å². The Morgan fingerprint density at radius 2 is 2.25 bits per heavy atom. The molecular weight excluding hydrogens is 372 g/mol. The van der Waals surface area contributed by atoms with E-state index >= 15 is 0 Å². The number of pyridine rings is 1. The van der Waals surface area contributed by atoms with Gasteiger partial charge in [-0.15, -0.1) is 0 Å². The number of aromatic nitrogens is 1. The zero-order valence-electron chi connectivity index (χ0n) is 14.7. The molecule has 2 aromatic rings. The second kappa shape index (κ2) is 7.48. The summed E-state index contributed by atoms with van der Waals surface area (Å²) in [7, 11) is 0. The number of hydrogen-bond acceptors (Lipinski definition) is 5. The van der Waals surface area contributed by atoms with Gasteiger partial charge in [-0.3, -0.25) is 9.78 Å². The van der Waals surface area contributed by atoms with Crippen LogP contribution in [-0.2, 0) is 11.3 Å². The van der Waals surface area contributed by atoms with Gasteiger partial charge in [0, 0.05) is 17.8 Å². The molecule has 3 N–H and O–H groups in total. The monoisotopic (exact) mass is 387 g/mol. The summed E-state index contributed by atoms with van der Waals surface area (Å²) in [4.78, 5) is 29.4. The summed E-state index contributed by atoms with van der Waals surface area (Å²) in [5.74, 6) is -2.97. The summed E-state index contributed by atoms with van der Waals surface area (Å²) >= 11 is 0. The number of urea groups is 1. The molecule has 0 saturated heterocycles. The van der Waals surface area contributed by atoms with Crippen LogP contribution in [0.25, 0.3) is 0 Å². The van der Waals surface area contributed by atoms with Crippen molar-refractivity contribution < 1.29 is 23.5 Å². The first-order valence-electron chi connectivity index (χ1n) is 8.21. The number of nitriles is 1. The van der Waals surface area contributed by atoms with Crippen molar-refractivity contribution in [3.05, 3.63) is 52.9 Å². The standard InChI is InChI=1S/C18H15F2N5O3/c1-9(17-14(26)4-10(5-21)6-22-17)23-15(27)8-25-7-11-13(24-18(25)28)3-2-12(19)16(11)20/h2-4,6,9,26H,7-8H2,1H3,(H,23,27)(H,24,28)/t9-/m1/s1. The Labute approximate surface area is 158 Å². The van der Waals surface area contributed by atoms with Crippen LogP contribution in [0.4, 0.5) is 19.3 Å². The molecule has 0 aliphatic carbocycles. The van der Waals surface area contributed by atoms with Crippen molar-refractivity contribution in [2.24, 2.45) is 0 Å². The van der Waals surface area contributed by atoms with Gasteiger partial charge < -0.3 is 20.6 Å². The van der Waals surface area contributed by atoms with Crippen LogP contribution in [0, 0.1) is 23.0 Å². The van der Waals surface area contributed by atoms with E-state index in [0.29, 0.717) is 0 Å². The molecule has 3 amide bonds. The quantitative estimate of drug-likeness (QED) is 0.743. The second-order valence-electron chi connectivity index (χ2n) is 6.20. The molecule has 3 rings (SSSR count). The fraction of sp³-hybridized carbons (Fsp3) is 0.222. The Morgan fingerprint density at radius 3 is 2.93 bits per heavy atom. The molecule has 10 heteroatoms. The topological polar surface area (TPSA) is 118 Å². The van der Waals surface area contributed by atoms with Gasteiger partial charge in [0.25, 0.3) is 0 Å². The average molecular weight is 387 g/mol. The van der Waals surface area contributed by atoms with E-state index in [1.165, 1.54) is 18.3 Å². The number of halogens is 2. The van der Waals surface area contributed by atoms with Gasteiger partial charge in [0.05, 0.1) is 23.8 Å². The Bertz CT molecular complexity index is 1010. The van der Waals surface area contributed by atoms with E-state index in [2.05, 4.69) is 15.6 Å². The predicted molar refractivity (Wildman–Crippen MR) is 93.0 cm³/mol. The lowest BCUT2D eigenvalue weighted by molar-refractivity contribution is -0.122. The fourth-order valence-electron chi connectivity index (χ4n) is 2.84. The van der Waals surface area contributed by atoms with E-state index in [-0.39, 0.29) is 34.8 Å². The minimum absolute atomic E-state index is 0.0492. The van der Waals surface area contributed by atoms with Crippen LogP contribution < -0.4 is 10.6 Å². The number of aromatic hydroxyl groups is 1. The molecular formula is C18H15F2N5O3. The number of anilines is 1. The lowest BCUT2D eigenvalue weighted by atomic mass is 10.1. The first-order valence-corrected chi connectivity index (χ1v) is 8.21. The van der Waals surface area contributed by atoms with Gasteiger partial charge in [-0.25, -0.2) is 13.6 Å². The molecule has 1 aromatic carbocycles. The van der Waals surface area contributed by atoms with Crippen LogP contribution in [0.2, 0.25) is 0 Å². The maximum absolute atomic E-state index is 13.9. The Balaban J connectivity index is 1.68. The molecule has 0 saturated carbocycles. The van der Waals surface area contributed by atoms with Crippen molar-refractivity contribution in [3.63, 3.8) is 0 Å². The molecule has 144 valence electrons. The van der Waals surface area contributed by atoms with Crippen molar-refractivity contribution >= 4 is 17.6 Å². The minimum Gasteiger partial charge on any atom is -0.506 e. The highest BCUT2D eigenvalue weighted by molar-refractivity contribution is 5.94. The number of hydrogen-bond donors (Lipinski definition) is 3. The summed E-state index contributed by atoms with van der Waals surface area (Å²) < 4.78 is 27.4. The SMILES string of the molecule is C[C@@H](NC(=O)CN1Cc2c(ccc(F)c2F)NC1=O)c1ncc(C#N)cc1O. The van der Waals surface area contributed by atoms with E-state index in [9.17, 15) is 23.5 Å². The first kappa shape index (κ1) is 19.0. The molecule has 0 fully saturated rings. The van der Waals surface area contributed by atoms with Crippen molar-refractivity contribution in [1.29, 1.82) is 5.26 Å². The smallest absolute Gasteiger partial charge is 0.322 e. The normalized spacial score (nSPS) is 13.9. The molecule has 1 aliphatic rings. The highest BCUT2D eigenvalue weighted by atomic mass is 19.2. The van der Waals surface area contributed by atoms with Crippen molar-refractivity contribution in [1.82, 2.24) is 15.2 Å². The van der Waals surface area contributed by atoms with E-state index in [1.807, 2.05) is 6.07 Å². The van der Waals surface area contributed by atoms with Gasteiger partial charge in [0.1, 0.15) is 24.1 Å². The fourth-order valence-corrected chi connectivity index (χ4v) is 2.84. The third-order valence-electron chi connectivity index (χ3n) is 4.22. The van der Waals surface area contributed by atoms with Crippen LogP contribution >= 0.6 is 0 Å². The second-order valence-corrected chi connectivity index (χ2v) is 6.20. The molecule has 0 radical (unpaired) electrons. The van der Waals surface area contributed by atoms with Crippen LogP contribution in [0.15, 0.2) is 24.4 Å². The van der Waals surface area contributed by atoms with E-state index < -0.39 is 36.2 Å². The molecule has 1 aliphatic heterocycles. The summed E-state index contributed by atoms with van der Waals surface area (Å²) in [5, 5.41) is 23.7. The number of nitrogens with zero attached hydrogens (tertiary/aromatic N) is 3. The zero-order valence-corrected chi connectivity index (χ0v) is 14.7. The number of nitrogens with one attached hydrogen (secondary N) is 2. The molecule has 1 atom stereocenters. The Kier molecular flexibility index (Phi) is 5.08. The Morgan fingerprint density at radius 1 is 1.50 bits per heavy atom. The number of benzene rings is 1. The van der Waals surface area contributed by atoms with Gasteiger partial charge >= 0.3 is 6.03 Å². The van der Waals surface area contributed by atoms with Crippen LogP contribution in [0.5, 0.6) is 5.75 Å². The molecule has 0 bridgehead atoms. The largest absolute Gasteiger partial charge is 0.506 e. The van der Waals surface area contributed by atoms with Gasteiger partial charge in [-0.05, 0) is 19.1 Å². The number of rotatable bonds is 4. The third kappa shape index (κ3) is 3.68. The average Bonchev–Trinajstić information content (AvgIpc) is 2.65. The molecule has 2 heterocycles. The zero-order chi connectivity index (χ0) is 20.4. The number of fused-ring (bicyclic) bond motifs is 1. The highest BCUT2D eigenvalue weighted by Gasteiger charge is 2.28. The summed E-state index contributed by atoms with van der Waals surface area (Å²) in [5.41, 5.74) is 0.416. The predicted octanol–water partition coefficient (Wildman–Crippen LogP) is 2.16. The summed E-state index contributed by atoms with van der Waals surface area (Å²) in [6, 6.07) is 3.88.